The molecule has 2 rings (SSSR count). The van der Waals surface area contributed by atoms with Crippen molar-refractivity contribution in [1.82, 2.24) is 5.43 Å². The molecule has 1 amide bonds. The molecule has 23 heavy (non-hydrogen) atoms. The Morgan fingerprint density at radius 2 is 1.96 bits per heavy atom. The molecule has 5 nitrogen and oxygen atoms in total. The topological polar surface area (TPSA) is 70.9 Å². The van der Waals surface area contributed by atoms with Crippen LogP contribution in [0, 0.1) is 13.8 Å². The van der Waals surface area contributed by atoms with E-state index in [0.29, 0.717) is 5.75 Å². The van der Waals surface area contributed by atoms with Gasteiger partial charge >= 0.3 is 0 Å². The lowest BCUT2D eigenvalue weighted by atomic mass is 10.0. The number of amides is 1. The molecule has 0 aliphatic heterocycles. The maximum absolute atomic E-state index is 11.9. The smallest absolute Gasteiger partial charge is 0.244 e. The third kappa shape index (κ3) is 4.57. The molecule has 0 heterocycles. The number of ether oxygens (including phenoxy) is 1. The number of carbonyl (C=O) groups is 1. The van der Waals surface area contributed by atoms with Crippen molar-refractivity contribution in [1.29, 1.82) is 0 Å². The molecule has 120 valence electrons. The van der Waals surface area contributed by atoms with E-state index in [1.165, 1.54) is 0 Å². The molecule has 0 spiro atoms. The number of nitrogens with one attached hydrogen (secondary N) is 1. The Morgan fingerprint density at radius 3 is 2.61 bits per heavy atom. The van der Waals surface area contributed by atoms with E-state index in [1.54, 1.807) is 25.5 Å². The number of benzene rings is 2. The maximum atomic E-state index is 11.9. The number of aryl methyl sites for hydroxylation is 2. The molecule has 0 radical (unpaired) electrons. The minimum atomic E-state index is -0.205. The van der Waals surface area contributed by atoms with Crippen molar-refractivity contribution in [3.05, 3.63) is 58.7 Å². The van der Waals surface area contributed by atoms with Crippen LogP contribution in [0.5, 0.6) is 11.5 Å². The predicted octanol–water partition coefficient (Wildman–Crippen LogP) is 2.71. The number of aromatic hydroxyl groups is 1. The average Bonchev–Trinajstić information content (AvgIpc) is 2.50. The Hall–Kier alpha value is -2.82. The van der Waals surface area contributed by atoms with Crippen molar-refractivity contribution in [3.63, 3.8) is 0 Å². The maximum Gasteiger partial charge on any atom is 0.244 e. The molecule has 0 unspecified atom stereocenters. The summed E-state index contributed by atoms with van der Waals surface area (Å²) in [5.41, 5.74) is 6.04. The Labute approximate surface area is 135 Å². The second-order valence-corrected chi connectivity index (χ2v) is 5.31. The summed E-state index contributed by atoms with van der Waals surface area (Å²) in [6.45, 7) is 3.76. The second-order valence-electron chi connectivity index (χ2n) is 5.31. The fraction of sp³-hybridized carbons (Fsp3) is 0.222. The van der Waals surface area contributed by atoms with Crippen LogP contribution in [-0.4, -0.2) is 24.3 Å². The molecule has 0 saturated heterocycles. The highest BCUT2D eigenvalue weighted by Gasteiger charge is 2.05. The molecule has 0 bridgehead atoms. The van der Waals surface area contributed by atoms with E-state index in [9.17, 15) is 9.90 Å². The van der Waals surface area contributed by atoms with Gasteiger partial charge in [-0.15, -0.1) is 0 Å². The van der Waals surface area contributed by atoms with Crippen molar-refractivity contribution in [3.8, 4) is 11.5 Å². The van der Waals surface area contributed by atoms with Crippen LogP contribution in [0.25, 0.3) is 0 Å². The van der Waals surface area contributed by atoms with Crippen molar-refractivity contribution in [2.45, 2.75) is 20.3 Å². The van der Waals surface area contributed by atoms with Crippen LogP contribution >= 0.6 is 0 Å². The van der Waals surface area contributed by atoms with E-state index in [1.807, 2.05) is 38.1 Å². The van der Waals surface area contributed by atoms with Crippen molar-refractivity contribution < 1.29 is 14.6 Å². The highest BCUT2D eigenvalue weighted by molar-refractivity contribution is 5.86. The third-order valence-electron chi connectivity index (χ3n) is 3.46. The Bertz CT molecular complexity index is 716. The molecule has 5 heteroatoms. The molecular formula is C18H20N2O3. The number of nitrogens with zero attached hydrogens (tertiary/aromatic N) is 1. The first-order chi connectivity index (χ1) is 11.0. The first kappa shape index (κ1) is 16.5. The number of carbonyl (C=O) groups excluding carboxylic acids is 1. The summed E-state index contributed by atoms with van der Waals surface area (Å²) in [6, 6.07) is 10.7. The highest BCUT2D eigenvalue weighted by Crippen LogP contribution is 2.19. The van der Waals surface area contributed by atoms with Gasteiger partial charge in [-0.25, -0.2) is 5.43 Å². The van der Waals surface area contributed by atoms with E-state index in [4.69, 9.17) is 4.74 Å². The molecule has 0 aliphatic carbocycles. The Balaban J connectivity index is 1.99. The third-order valence-corrected chi connectivity index (χ3v) is 3.46. The fourth-order valence-corrected chi connectivity index (χ4v) is 2.33. The van der Waals surface area contributed by atoms with E-state index < -0.39 is 0 Å². The summed E-state index contributed by atoms with van der Waals surface area (Å²) in [5, 5.41) is 13.5. The number of hydrogen-bond donors (Lipinski definition) is 2. The van der Waals surface area contributed by atoms with E-state index >= 15 is 0 Å². The highest BCUT2D eigenvalue weighted by atomic mass is 16.5. The molecule has 0 aliphatic rings. The molecule has 2 aromatic rings. The summed E-state index contributed by atoms with van der Waals surface area (Å²) >= 11 is 0. The minimum absolute atomic E-state index is 0.205. The van der Waals surface area contributed by atoms with E-state index in [0.717, 1.165) is 22.3 Å². The zero-order chi connectivity index (χ0) is 16.8. The van der Waals surface area contributed by atoms with Crippen LogP contribution in [0.4, 0.5) is 0 Å². The normalized spacial score (nSPS) is 10.7. The van der Waals surface area contributed by atoms with Gasteiger partial charge in [-0.2, -0.15) is 5.10 Å². The van der Waals surface area contributed by atoms with Crippen molar-refractivity contribution in [2.75, 3.05) is 7.11 Å². The van der Waals surface area contributed by atoms with Gasteiger partial charge in [0.1, 0.15) is 11.5 Å². The quantitative estimate of drug-likeness (QED) is 0.659. The number of hydrogen-bond acceptors (Lipinski definition) is 4. The lowest BCUT2D eigenvalue weighted by Crippen LogP contribution is -2.19. The molecule has 0 saturated carbocycles. The van der Waals surface area contributed by atoms with Crippen LogP contribution in [0.2, 0.25) is 0 Å². The van der Waals surface area contributed by atoms with E-state index in [2.05, 4.69) is 10.5 Å². The van der Waals surface area contributed by atoms with Gasteiger partial charge in [0.25, 0.3) is 0 Å². The van der Waals surface area contributed by atoms with Gasteiger partial charge < -0.3 is 9.84 Å². The molecule has 2 N–H and O–H groups in total. The van der Waals surface area contributed by atoms with Crippen LogP contribution in [0.15, 0.2) is 41.5 Å². The van der Waals surface area contributed by atoms with Crippen LogP contribution in [0.1, 0.15) is 22.3 Å². The zero-order valence-corrected chi connectivity index (χ0v) is 13.5. The monoisotopic (exact) mass is 312 g/mol. The van der Waals surface area contributed by atoms with Gasteiger partial charge in [-0.1, -0.05) is 12.1 Å². The molecular weight excluding hydrogens is 292 g/mol. The Morgan fingerprint density at radius 1 is 1.26 bits per heavy atom. The number of rotatable bonds is 5. The molecule has 2 aromatic carbocycles. The molecule has 0 atom stereocenters. The van der Waals surface area contributed by atoms with Crippen LogP contribution < -0.4 is 10.2 Å². The summed E-state index contributed by atoms with van der Waals surface area (Å²) in [7, 11) is 1.59. The average molecular weight is 312 g/mol. The van der Waals surface area contributed by atoms with Crippen LogP contribution in [-0.2, 0) is 11.2 Å². The first-order valence-electron chi connectivity index (χ1n) is 7.24. The number of phenols is 1. The number of methoxy groups -OCH3 is 1. The summed E-state index contributed by atoms with van der Waals surface area (Å²) in [4.78, 5) is 11.9. The molecule has 0 fully saturated rings. The number of hydrazone groups is 1. The first-order valence-corrected chi connectivity index (χ1v) is 7.24. The van der Waals surface area contributed by atoms with Crippen molar-refractivity contribution in [2.24, 2.45) is 5.10 Å². The fourth-order valence-electron chi connectivity index (χ4n) is 2.33. The lowest BCUT2D eigenvalue weighted by Gasteiger charge is -2.06. The van der Waals surface area contributed by atoms with Crippen molar-refractivity contribution >= 4 is 12.1 Å². The molecule has 0 aromatic heterocycles. The summed E-state index contributed by atoms with van der Waals surface area (Å²) < 4.78 is 5.13. The van der Waals surface area contributed by atoms with Gasteiger partial charge in [0.05, 0.1) is 19.7 Å². The van der Waals surface area contributed by atoms with Gasteiger partial charge in [0.2, 0.25) is 5.91 Å². The lowest BCUT2D eigenvalue weighted by molar-refractivity contribution is -0.120. The zero-order valence-electron chi connectivity index (χ0n) is 13.5. The predicted molar refractivity (Wildman–Crippen MR) is 90.0 cm³/mol. The summed E-state index contributed by atoms with van der Waals surface area (Å²) in [5.74, 6) is 0.733. The van der Waals surface area contributed by atoms with Gasteiger partial charge in [-0.3, -0.25) is 4.79 Å². The largest absolute Gasteiger partial charge is 0.508 e. The SMILES string of the molecule is COc1cccc(CC(=O)NN=Cc2c(C)cc(O)cc2C)c1. The minimum Gasteiger partial charge on any atom is -0.508 e. The Kier molecular flexibility index (Phi) is 5.36. The van der Waals surface area contributed by atoms with Gasteiger partial charge in [0, 0.05) is 5.56 Å². The standard InChI is InChI=1S/C18H20N2O3/c1-12-7-15(21)8-13(2)17(12)11-19-20-18(22)10-14-5-4-6-16(9-14)23-3/h4-9,11,21H,10H2,1-3H3,(H,20,22). The van der Waals surface area contributed by atoms with E-state index in [-0.39, 0.29) is 18.1 Å². The van der Waals surface area contributed by atoms with Gasteiger partial charge in [-0.05, 0) is 54.8 Å². The summed E-state index contributed by atoms with van der Waals surface area (Å²) in [6.07, 6.45) is 1.82. The van der Waals surface area contributed by atoms with Gasteiger partial charge in [0.15, 0.2) is 0 Å². The van der Waals surface area contributed by atoms with Crippen LogP contribution in [0.3, 0.4) is 0 Å². The second kappa shape index (κ2) is 7.45. The number of phenolic OH excluding ortho intramolecular Hbond substituents is 1.